The second kappa shape index (κ2) is 2.95. The highest BCUT2D eigenvalue weighted by molar-refractivity contribution is 7.92. The van der Waals surface area contributed by atoms with E-state index in [4.69, 9.17) is 5.73 Å². The van der Waals surface area contributed by atoms with Gasteiger partial charge >= 0.3 is 0 Å². The van der Waals surface area contributed by atoms with E-state index in [9.17, 15) is 8.42 Å². The highest BCUT2D eigenvalue weighted by Gasteiger charge is 2.51. The first-order valence-corrected chi connectivity index (χ1v) is 6.77. The molecule has 3 nitrogen and oxygen atoms in total. The van der Waals surface area contributed by atoms with Crippen molar-refractivity contribution in [3.63, 3.8) is 0 Å². The Bertz CT molecular complexity index is 293. The maximum absolute atomic E-state index is 11.8. The third-order valence-electron chi connectivity index (χ3n) is 3.30. The van der Waals surface area contributed by atoms with Crippen LogP contribution in [0.5, 0.6) is 0 Å². The van der Waals surface area contributed by atoms with E-state index in [0.29, 0.717) is 5.75 Å². The van der Waals surface area contributed by atoms with Crippen LogP contribution in [0.3, 0.4) is 0 Å². The van der Waals surface area contributed by atoms with Crippen LogP contribution in [0.4, 0.5) is 0 Å². The third-order valence-corrected chi connectivity index (χ3v) is 5.73. The smallest absolute Gasteiger partial charge is 0.154 e. The lowest BCUT2D eigenvalue weighted by Crippen LogP contribution is -2.43. The van der Waals surface area contributed by atoms with E-state index in [1.807, 2.05) is 0 Å². The minimum atomic E-state index is -2.88. The Morgan fingerprint density at radius 1 is 1.15 bits per heavy atom. The number of hydrogen-bond donors (Lipinski definition) is 1. The lowest BCUT2D eigenvalue weighted by Gasteiger charge is -2.21. The van der Waals surface area contributed by atoms with Crippen LogP contribution in [-0.2, 0) is 9.84 Å². The van der Waals surface area contributed by atoms with E-state index in [-0.39, 0.29) is 10.8 Å². The van der Waals surface area contributed by atoms with Gasteiger partial charge in [0.1, 0.15) is 0 Å². The summed E-state index contributed by atoms with van der Waals surface area (Å²) in [6.07, 6.45) is 5.50. The van der Waals surface area contributed by atoms with Crippen LogP contribution in [0.25, 0.3) is 0 Å². The summed E-state index contributed by atoms with van der Waals surface area (Å²) < 4.78 is 23.6. The molecule has 2 fully saturated rings. The first-order chi connectivity index (χ1) is 6.05. The molecule has 1 heterocycles. The Hall–Kier alpha value is -0.0900. The van der Waals surface area contributed by atoms with Gasteiger partial charge in [-0.3, -0.25) is 0 Å². The fourth-order valence-corrected chi connectivity index (χ4v) is 4.61. The number of sulfone groups is 1. The molecule has 1 unspecified atom stereocenters. The predicted octanol–water partition coefficient (Wildman–Crippen LogP) is 0.835. The van der Waals surface area contributed by atoms with Crippen molar-refractivity contribution in [2.45, 2.75) is 49.3 Å². The Balaban J connectivity index is 2.22. The number of nitrogens with two attached hydrogens (primary N) is 1. The maximum Gasteiger partial charge on any atom is 0.154 e. The molecule has 1 aliphatic heterocycles. The minimum absolute atomic E-state index is 0.234. The molecule has 4 heteroatoms. The summed E-state index contributed by atoms with van der Waals surface area (Å²) in [5.74, 6) is 0.358. The average molecular weight is 203 g/mol. The van der Waals surface area contributed by atoms with E-state index in [1.165, 1.54) is 0 Å². The van der Waals surface area contributed by atoms with Gasteiger partial charge in [-0.1, -0.05) is 12.8 Å². The SMILES string of the molecule is NC1(C2CCCCCS2(=O)=O)CC1. The molecule has 2 aliphatic rings. The molecule has 2 N–H and O–H groups in total. The van der Waals surface area contributed by atoms with Gasteiger partial charge in [0.2, 0.25) is 0 Å². The van der Waals surface area contributed by atoms with E-state index in [1.54, 1.807) is 0 Å². The molecule has 0 aromatic rings. The fourth-order valence-electron chi connectivity index (χ4n) is 2.24. The highest BCUT2D eigenvalue weighted by atomic mass is 32.2. The summed E-state index contributed by atoms with van der Waals surface area (Å²) in [5, 5.41) is -0.234. The largest absolute Gasteiger partial charge is 0.324 e. The van der Waals surface area contributed by atoms with Crippen molar-refractivity contribution >= 4 is 9.84 Å². The zero-order valence-corrected chi connectivity index (χ0v) is 8.65. The van der Waals surface area contributed by atoms with Crippen molar-refractivity contribution in [2.75, 3.05) is 5.75 Å². The molecule has 0 bridgehead atoms. The number of hydrogen-bond acceptors (Lipinski definition) is 3. The molecule has 2 rings (SSSR count). The highest BCUT2D eigenvalue weighted by Crippen LogP contribution is 2.42. The Kier molecular flexibility index (Phi) is 2.15. The van der Waals surface area contributed by atoms with Crippen LogP contribution in [0.2, 0.25) is 0 Å². The normalized spacial score (nSPS) is 36.5. The van der Waals surface area contributed by atoms with Gasteiger partial charge in [-0.15, -0.1) is 0 Å². The quantitative estimate of drug-likeness (QED) is 0.687. The summed E-state index contributed by atoms with van der Waals surface area (Å²) in [4.78, 5) is 0. The first kappa shape index (κ1) is 9.46. The van der Waals surface area contributed by atoms with Crippen molar-refractivity contribution in [2.24, 2.45) is 5.73 Å². The molecule has 76 valence electrons. The van der Waals surface area contributed by atoms with Crippen LogP contribution in [-0.4, -0.2) is 25.0 Å². The van der Waals surface area contributed by atoms with E-state index < -0.39 is 9.84 Å². The fraction of sp³-hybridized carbons (Fsp3) is 1.00. The molecule has 13 heavy (non-hydrogen) atoms. The standard InChI is InChI=1S/C9H17NO2S/c10-9(5-6-9)8-4-2-1-3-7-13(8,11)12/h8H,1-7,10H2. The zero-order chi connectivity index (χ0) is 9.53. The van der Waals surface area contributed by atoms with Gasteiger partial charge in [0, 0.05) is 5.54 Å². The van der Waals surface area contributed by atoms with Crippen molar-refractivity contribution in [3.8, 4) is 0 Å². The van der Waals surface area contributed by atoms with Crippen LogP contribution in [0.15, 0.2) is 0 Å². The van der Waals surface area contributed by atoms with Gasteiger partial charge < -0.3 is 5.73 Å². The summed E-state index contributed by atoms with van der Waals surface area (Å²) in [6, 6.07) is 0. The molecular formula is C9H17NO2S. The molecule has 0 aromatic heterocycles. The summed E-state index contributed by atoms with van der Waals surface area (Å²) in [7, 11) is -2.88. The average Bonchev–Trinajstić information content (AvgIpc) is 2.76. The van der Waals surface area contributed by atoms with Crippen LogP contribution in [0.1, 0.15) is 38.5 Å². The topological polar surface area (TPSA) is 60.2 Å². The van der Waals surface area contributed by atoms with Crippen molar-refractivity contribution in [1.82, 2.24) is 0 Å². The second-order valence-electron chi connectivity index (χ2n) is 4.44. The molecular weight excluding hydrogens is 186 g/mol. The first-order valence-electron chi connectivity index (χ1n) is 5.05. The third kappa shape index (κ3) is 1.74. The van der Waals surface area contributed by atoms with Gasteiger partial charge in [0.15, 0.2) is 9.84 Å². The van der Waals surface area contributed by atoms with Gasteiger partial charge in [0.05, 0.1) is 11.0 Å². The van der Waals surface area contributed by atoms with Gasteiger partial charge in [-0.05, 0) is 25.7 Å². The molecule has 0 aromatic carbocycles. The van der Waals surface area contributed by atoms with Crippen LogP contribution < -0.4 is 5.73 Å². The molecule has 0 radical (unpaired) electrons. The van der Waals surface area contributed by atoms with Crippen molar-refractivity contribution in [1.29, 1.82) is 0 Å². The predicted molar refractivity (Wildman–Crippen MR) is 52.2 cm³/mol. The monoisotopic (exact) mass is 203 g/mol. The lowest BCUT2D eigenvalue weighted by molar-refractivity contribution is 0.522. The Morgan fingerprint density at radius 2 is 1.85 bits per heavy atom. The Morgan fingerprint density at radius 3 is 2.46 bits per heavy atom. The van der Waals surface area contributed by atoms with E-state index >= 15 is 0 Å². The minimum Gasteiger partial charge on any atom is -0.324 e. The maximum atomic E-state index is 11.8. The summed E-state index contributed by atoms with van der Waals surface area (Å²) in [6.45, 7) is 0. The summed E-state index contributed by atoms with van der Waals surface area (Å²) >= 11 is 0. The lowest BCUT2D eigenvalue weighted by atomic mass is 10.1. The second-order valence-corrected chi connectivity index (χ2v) is 6.74. The molecule has 0 spiro atoms. The Labute approximate surface area is 79.6 Å². The molecule has 1 atom stereocenters. The van der Waals surface area contributed by atoms with Gasteiger partial charge in [-0.25, -0.2) is 8.42 Å². The molecule has 1 saturated carbocycles. The molecule has 1 saturated heterocycles. The zero-order valence-electron chi connectivity index (χ0n) is 7.83. The van der Waals surface area contributed by atoms with E-state index in [0.717, 1.165) is 38.5 Å². The van der Waals surface area contributed by atoms with Crippen molar-refractivity contribution < 1.29 is 8.42 Å². The van der Waals surface area contributed by atoms with Crippen LogP contribution >= 0.6 is 0 Å². The van der Waals surface area contributed by atoms with E-state index in [2.05, 4.69) is 0 Å². The molecule has 0 amide bonds. The van der Waals surface area contributed by atoms with Gasteiger partial charge in [0.25, 0.3) is 0 Å². The van der Waals surface area contributed by atoms with Crippen molar-refractivity contribution in [3.05, 3.63) is 0 Å². The molecule has 1 aliphatic carbocycles. The van der Waals surface area contributed by atoms with Gasteiger partial charge in [-0.2, -0.15) is 0 Å². The number of rotatable bonds is 1. The summed E-state index contributed by atoms with van der Waals surface area (Å²) in [5.41, 5.74) is 5.64. The van der Waals surface area contributed by atoms with Crippen LogP contribution in [0, 0.1) is 0 Å².